The highest BCUT2D eigenvalue weighted by Crippen LogP contribution is 2.41. The second-order valence-electron chi connectivity index (χ2n) is 9.56. The average molecular weight is 560 g/mol. The summed E-state index contributed by atoms with van der Waals surface area (Å²) in [4.78, 5) is 12.5. The van der Waals surface area contributed by atoms with Crippen LogP contribution in [-0.2, 0) is 35.4 Å². The van der Waals surface area contributed by atoms with Gasteiger partial charge in [-0.2, -0.15) is 13.2 Å². The second kappa shape index (κ2) is 13.0. The van der Waals surface area contributed by atoms with E-state index in [4.69, 9.17) is 9.47 Å². The molecule has 3 aromatic rings. The summed E-state index contributed by atoms with van der Waals surface area (Å²) in [5.74, 6) is -0.171. The van der Waals surface area contributed by atoms with Gasteiger partial charge in [-0.1, -0.05) is 30.3 Å². The standard InChI is InChI=1S/C28H32F3N5O4/c1-17-22(14-33-27(38)40-15-18-7-4-3-5-8-18)26(34-21-9-6-10-32-13-21)36-35-25(17)24-19(16-39-2)11-20(12-23(24)37)28(29,30)31/h3-5,7-8,11-12,21,32,37H,6,9-10,13-16H2,1-2H3,(H,33,38)(H,34,36)/t21-/m1/s1. The molecule has 12 heteroatoms. The molecule has 4 rings (SSSR count). The molecular weight excluding hydrogens is 527 g/mol. The molecule has 40 heavy (non-hydrogen) atoms. The Kier molecular flexibility index (Phi) is 9.43. The number of alkyl halides is 3. The van der Waals surface area contributed by atoms with E-state index in [2.05, 4.69) is 26.1 Å². The van der Waals surface area contributed by atoms with Gasteiger partial charge in [0.05, 0.1) is 18.7 Å². The van der Waals surface area contributed by atoms with Crippen molar-refractivity contribution in [1.29, 1.82) is 0 Å². The second-order valence-corrected chi connectivity index (χ2v) is 9.56. The van der Waals surface area contributed by atoms with Crippen LogP contribution in [0.5, 0.6) is 5.75 Å². The Bertz CT molecular complexity index is 1320. The molecule has 2 aromatic carbocycles. The maximum Gasteiger partial charge on any atom is 0.416 e. The maximum atomic E-state index is 13.4. The van der Waals surface area contributed by atoms with Gasteiger partial charge in [0.1, 0.15) is 18.1 Å². The number of carbonyl (C=O) groups is 1. The van der Waals surface area contributed by atoms with Crippen LogP contribution in [0.3, 0.4) is 0 Å². The molecule has 1 fully saturated rings. The van der Waals surface area contributed by atoms with Gasteiger partial charge < -0.3 is 30.5 Å². The molecule has 1 aromatic heterocycles. The van der Waals surface area contributed by atoms with Crippen molar-refractivity contribution in [3.63, 3.8) is 0 Å². The predicted octanol–water partition coefficient (Wildman–Crippen LogP) is 4.91. The van der Waals surface area contributed by atoms with Gasteiger partial charge in [-0.15, -0.1) is 10.2 Å². The number of alkyl carbamates (subject to hydrolysis) is 1. The van der Waals surface area contributed by atoms with Crippen LogP contribution < -0.4 is 16.0 Å². The normalized spacial score (nSPS) is 15.5. The highest BCUT2D eigenvalue weighted by molar-refractivity contribution is 5.76. The van der Waals surface area contributed by atoms with Crippen LogP contribution in [0.4, 0.5) is 23.8 Å². The van der Waals surface area contributed by atoms with E-state index in [0.29, 0.717) is 29.6 Å². The van der Waals surface area contributed by atoms with E-state index in [1.165, 1.54) is 7.11 Å². The number of amides is 1. The molecule has 0 bridgehead atoms. The molecule has 9 nitrogen and oxygen atoms in total. The zero-order valence-electron chi connectivity index (χ0n) is 22.3. The summed E-state index contributed by atoms with van der Waals surface area (Å²) in [6.45, 7) is 3.25. The first-order valence-electron chi connectivity index (χ1n) is 12.9. The summed E-state index contributed by atoms with van der Waals surface area (Å²) in [5, 5.41) is 28.8. The molecule has 1 amide bonds. The first kappa shape index (κ1) is 29.1. The van der Waals surface area contributed by atoms with Crippen LogP contribution in [-0.4, -0.2) is 47.6 Å². The van der Waals surface area contributed by atoms with Crippen molar-refractivity contribution in [2.45, 2.75) is 51.7 Å². The number of rotatable bonds is 9. The minimum atomic E-state index is -4.66. The number of carbonyl (C=O) groups excluding carboxylic acids is 1. The molecule has 0 unspecified atom stereocenters. The van der Waals surface area contributed by atoms with Gasteiger partial charge in [-0.3, -0.25) is 0 Å². The lowest BCUT2D eigenvalue weighted by molar-refractivity contribution is -0.137. The molecule has 0 radical (unpaired) electrons. The van der Waals surface area contributed by atoms with Gasteiger partial charge >= 0.3 is 12.3 Å². The van der Waals surface area contributed by atoms with Gasteiger partial charge in [0.2, 0.25) is 0 Å². The number of nitrogens with zero attached hydrogens (tertiary/aromatic N) is 2. The van der Waals surface area contributed by atoms with Gasteiger partial charge in [0.15, 0.2) is 5.82 Å². The zero-order chi connectivity index (χ0) is 28.7. The molecule has 1 aliphatic heterocycles. The molecule has 2 heterocycles. The van der Waals surface area contributed by atoms with Crippen LogP contribution in [0.15, 0.2) is 42.5 Å². The molecular formula is C28H32F3N5O4. The number of hydrogen-bond acceptors (Lipinski definition) is 8. The topological polar surface area (TPSA) is 118 Å². The van der Waals surface area contributed by atoms with Crippen LogP contribution in [0.2, 0.25) is 0 Å². The summed E-state index contributed by atoms with van der Waals surface area (Å²) in [6, 6.07) is 10.9. The molecule has 0 spiro atoms. The van der Waals surface area contributed by atoms with Crippen molar-refractivity contribution in [3.05, 3.63) is 70.3 Å². The number of nitrogens with one attached hydrogen (secondary N) is 3. The fourth-order valence-electron chi connectivity index (χ4n) is 4.62. The van der Waals surface area contributed by atoms with Crippen LogP contribution in [0, 0.1) is 6.92 Å². The summed E-state index contributed by atoms with van der Waals surface area (Å²) in [6.07, 6.45) is -3.43. The van der Waals surface area contributed by atoms with E-state index in [9.17, 15) is 23.1 Å². The number of methoxy groups -OCH3 is 1. The van der Waals surface area contributed by atoms with Crippen LogP contribution in [0.1, 0.15) is 40.7 Å². The molecule has 1 atom stereocenters. The van der Waals surface area contributed by atoms with Crippen LogP contribution >= 0.6 is 0 Å². The number of hydrogen-bond donors (Lipinski definition) is 4. The Morgan fingerprint density at radius 1 is 1.18 bits per heavy atom. The number of benzene rings is 2. The third-order valence-electron chi connectivity index (χ3n) is 6.67. The molecule has 1 aliphatic rings. The lowest BCUT2D eigenvalue weighted by atomic mass is 9.95. The Labute approximate surface area is 230 Å². The first-order valence-corrected chi connectivity index (χ1v) is 12.9. The maximum absolute atomic E-state index is 13.4. The molecule has 0 aliphatic carbocycles. The van der Waals surface area contributed by atoms with Crippen molar-refractivity contribution in [1.82, 2.24) is 20.8 Å². The molecule has 1 saturated heterocycles. The molecule has 214 valence electrons. The van der Waals surface area contributed by atoms with E-state index in [1.54, 1.807) is 6.92 Å². The highest BCUT2D eigenvalue weighted by Gasteiger charge is 2.33. The molecule has 0 saturated carbocycles. The zero-order valence-corrected chi connectivity index (χ0v) is 22.3. The number of halogens is 3. The number of piperidine rings is 1. The number of ether oxygens (including phenoxy) is 2. The van der Waals surface area contributed by atoms with Crippen molar-refractivity contribution in [2.24, 2.45) is 0 Å². The Morgan fingerprint density at radius 2 is 1.95 bits per heavy atom. The summed E-state index contributed by atoms with van der Waals surface area (Å²) < 4.78 is 50.8. The van der Waals surface area contributed by atoms with Crippen molar-refractivity contribution >= 4 is 11.9 Å². The highest BCUT2D eigenvalue weighted by atomic mass is 19.4. The fraction of sp³-hybridized carbons (Fsp3) is 0.393. The van der Waals surface area contributed by atoms with E-state index in [0.717, 1.165) is 31.0 Å². The van der Waals surface area contributed by atoms with E-state index < -0.39 is 23.6 Å². The first-order chi connectivity index (χ1) is 19.2. The van der Waals surface area contributed by atoms with Gasteiger partial charge in [-0.25, -0.2) is 4.79 Å². The largest absolute Gasteiger partial charge is 0.507 e. The third-order valence-corrected chi connectivity index (χ3v) is 6.67. The van der Waals surface area contributed by atoms with E-state index in [1.807, 2.05) is 30.3 Å². The van der Waals surface area contributed by atoms with Crippen molar-refractivity contribution in [2.75, 3.05) is 25.5 Å². The lowest BCUT2D eigenvalue weighted by Crippen LogP contribution is -2.39. The fourth-order valence-corrected chi connectivity index (χ4v) is 4.62. The monoisotopic (exact) mass is 559 g/mol. The Balaban J connectivity index is 1.66. The number of anilines is 1. The number of aromatic nitrogens is 2. The number of phenolic OH excluding ortho intramolecular Hbond substituents is 1. The third kappa shape index (κ3) is 7.19. The van der Waals surface area contributed by atoms with Crippen molar-refractivity contribution < 1.29 is 32.5 Å². The molecule has 4 N–H and O–H groups in total. The lowest BCUT2D eigenvalue weighted by Gasteiger charge is -2.26. The van der Waals surface area contributed by atoms with Gasteiger partial charge in [-0.05, 0) is 55.1 Å². The summed E-state index contributed by atoms with van der Waals surface area (Å²) in [5.41, 5.74) is 1.28. The number of phenols is 1. The average Bonchev–Trinajstić information content (AvgIpc) is 2.93. The van der Waals surface area contributed by atoms with Gasteiger partial charge in [0.25, 0.3) is 0 Å². The Morgan fingerprint density at radius 3 is 2.62 bits per heavy atom. The van der Waals surface area contributed by atoms with E-state index in [-0.39, 0.29) is 42.6 Å². The van der Waals surface area contributed by atoms with E-state index >= 15 is 0 Å². The summed E-state index contributed by atoms with van der Waals surface area (Å²) >= 11 is 0. The summed E-state index contributed by atoms with van der Waals surface area (Å²) in [7, 11) is 1.35. The Hall–Kier alpha value is -3.90. The van der Waals surface area contributed by atoms with Crippen LogP contribution in [0.25, 0.3) is 11.3 Å². The quantitative estimate of drug-likeness (QED) is 0.292. The van der Waals surface area contributed by atoms with Crippen molar-refractivity contribution in [3.8, 4) is 17.0 Å². The van der Waals surface area contributed by atoms with Gasteiger partial charge in [0, 0.05) is 30.8 Å². The predicted molar refractivity (Wildman–Crippen MR) is 143 cm³/mol. The minimum absolute atomic E-state index is 0.00542. The number of aromatic hydroxyl groups is 1. The SMILES string of the molecule is COCc1cc(C(F)(F)F)cc(O)c1-c1nnc(N[C@@H]2CCCNC2)c(CNC(=O)OCc2ccccc2)c1C. The minimum Gasteiger partial charge on any atom is -0.507 e. The smallest absolute Gasteiger partial charge is 0.416 e.